The summed E-state index contributed by atoms with van der Waals surface area (Å²) < 4.78 is 0. The van der Waals surface area contributed by atoms with Gasteiger partial charge in [-0.2, -0.15) is 5.26 Å². The summed E-state index contributed by atoms with van der Waals surface area (Å²) in [5, 5.41) is 18.4. The van der Waals surface area contributed by atoms with Crippen LogP contribution in [0.1, 0.15) is 17.7 Å². The smallest absolute Gasteiger partial charge is 0.146 e. The normalized spacial score (nSPS) is 20.3. The quantitative estimate of drug-likeness (QED) is 0.734. The van der Waals surface area contributed by atoms with Gasteiger partial charge in [0.25, 0.3) is 0 Å². The standard InChI is InChI=1S/C11H13N3O/c1-8-2-3-9(6-12)11(13-8)14-5-4-10(15)7-14/h2-3,10,15H,4-5,7H2,1H3/t10-/m1/s1. The lowest BCUT2D eigenvalue weighted by Gasteiger charge is -2.18. The van der Waals surface area contributed by atoms with Crippen LogP contribution in [0.5, 0.6) is 0 Å². The summed E-state index contributed by atoms with van der Waals surface area (Å²) in [5.74, 6) is 0.703. The Labute approximate surface area is 88.8 Å². The number of aromatic nitrogens is 1. The van der Waals surface area contributed by atoms with Gasteiger partial charge in [-0.25, -0.2) is 4.98 Å². The van der Waals surface area contributed by atoms with Crippen molar-refractivity contribution in [2.75, 3.05) is 18.0 Å². The minimum Gasteiger partial charge on any atom is -0.391 e. The van der Waals surface area contributed by atoms with Crippen molar-refractivity contribution < 1.29 is 5.11 Å². The largest absolute Gasteiger partial charge is 0.391 e. The SMILES string of the molecule is Cc1ccc(C#N)c(N2CC[C@@H](O)C2)n1. The van der Waals surface area contributed by atoms with Crippen molar-refractivity contribution in [1.82, 2.24) is 4.98 Å². The highest BCUT2D eigenvalue weighted by Crippen LogP contribution is 2.22. The van der Waals surface area contributed by atoms with Gasteiger partial charge in [0.1, 0.15) is 11.9 Å². The molecule has 4 nitrogen and oxygen atoms in total. The van der Waals surface area contributed by atoms with Crippen molar-refractivity contribution in [2.45, 2.75) is 19.4 Å². The van der Waals surface area contributed by atoms with Gasteiger partial charge in [-0.3, -0.25) is 0 Å². The van der Waals surface area contributed by atoms with Crippen molar-refractivity contribution in [1.29, 1.82) is 5.26 Å². The number of nitriles is 1. The number of pyridine rings is 1. The zero-order valence-electron chi connectivity index (χ0n) is 8.64. The van der Waals surface area contributed by atoms with Gasteiger partial charge in [0.05, 0.1) is 11.7 Å². The molecule has 0 radical (unpaired) electrons. The van der Waals surface area contributed by atoms with Gasteiger partial charge in [0.15, 0.2) is 0 Å². The van der Waals surface area contributed by atoms with Crippen LogP contribution in [0.2, 0.25) is 0 Å². The minimum atomic E-state index is -0.293. The lowest BCUT2D eigenvalue weighted by Crippen LogP contribution is -2.23. The fraction of sp³-hybridized carbons (Fsp3) is 0.455. The Bertz CT molecular complexity index is 411. The Morgan fingerprint density at radius 1 is 1.60 bits per heavy atom. The Morgan fingerprint density at radius 2 is 2.40 bits per heavy atom. The van der Waals surface area contributed by atoms with Gasteiger partial charge in [0.2, 0.25) is 0 Å². The lowest BCUT2D eigenvalue weighted by molar-refractivity contribution is 0.198. The molecule has 0 aliphatic carbocycles. The van der Waals surface area contributed by atoms with Crippen molar-refractivity contribution in [3.63, 3.8) is 0 Å². The molecular formula is C11H13N3O. The number of hydrogen-bond donors (Lipinski definition) is 1. The molecule has 0 unspecified atom stereocenters. The molecular weight excluding hydrogens is 190 g/mol. The summed E-state index contributed by atoms with van der Waals surface area (Å²) >= 11 is 0. The van der Waals surface area contributed by atoms with Crippen LogP contribution in [0.25, 0.3) is 0 Å². The first-order valence-electron chi connectivity index (χ1n) is 5.01. The van der Waals surface area contributed by atoms with E-state index in [0.717, 1.165) is 18.7 Å². The van der Waals surface area contributed by atoms with Crippen LogP contribution in [0.15, 0.2) is 12.1 Å². The second kappa shape index (κ2) is 3.87. The summed E-state index contributed by atoms with van der Waals surface area (Å²) in [6.07, 6.45) is 0.458. The topological polar surface area (TPSA) is 60.2 Å². The molecule has 0 spiro atoms. The summed E-state index contributed by atoms with van der Waals surface area (Å²) in [5.41, 5.74) is 1.47. The van der Waals surface area contributed by atoms with Gasteiger partial charge in [-0.15, -0.1) is 0 Å². The second-order valence-corrected chi connectivity index (χ2v) is 3.82. The van der Waals surface area contributed by atoms with Gasteiger partial charge < -0.3 is 10.0 Å². The zero-order chi connectivity index (χ0) is 10.8. The highest BCUT2D eigenvalue weighted by molar-refractivity contribution is 5.55. The van der Waals surface area contributed by atoms with Crippen molar-refractivity contribution in [3.05, 3.63) is 23.4 Å². The molecule has 1 aromatic rings. The monoisotopic (exact) mass is 203 g/mol. The number of hydrogen-bond acceptors (Lipinski definition) is 4. The third-order valence-corrected chi connectivity index (χ3v) is 2.60. The average molecular weight is 203 g/mol. The molecule has 1 aliphatic heterocycles. The number of aliphatic hydroxyl groups is 1. The fourth-order valence-corrected chi connectivity index (χ4v) is 1.81. The van der Waals surface area contributed by atoms with E-state index in [-0.39, 0.29) is 6.10 Å². The summed E-state index contributed by atoms with van der Waals surface area (Å²) in [7, 11) is 0. The van der Waals surface area contributed by atoms with Gasteiger partial charge in [0, 0.05) is 18.8 Å². The molecule has 2 rings (SSSR count). The molecule has 0 bridgehead atoms. The first-order valence-corrected chi connectivity index (χ1v) is 5.01. The molecule has 1 atom stereocenters. The maximum absolute atomic E-state index is 9.44. The number of aliphatic hydroxyl groups excluding tert-OH is 1. The van der Waals surface area contributed by atoms with E-state index in [4.69, 9.17) is 5.26 Å². The fourth-order valence-electron chi connectivity index (χ4n) is 1.81. The Morgan fingerprint density at radius 3 is 3.00 bits per heavy atom. The first-order chi connectivity index (χ1) is 7.20. The van der Waals surface area contributed by atoms with Gasteiger partial charge in [-0.05, 0) is 25.5 Å². The predicted molar refractivity (Wildman–Crippen MR) is 56.5 cm³/mol. The number of β-amino-alcohol motifs (C(OH)–C–C–N with tert-alkyl or cyclic N) is 1. The number of rotatable bonds is 1. The molecule has 0 saturated carbocycles. The molecule has 2 heterocycles. The minimum absolute atomic E-state index is 0.293. The number of anilines is 1. The van der Waals surface area contributed by atoms with E-state index in [9.17, 15) is 5.11 Å². The van der Waals surface area contributed by atoms with Gasteiger partial charge in [-0.1, -0.05) is 0 Å². The van der Waals surface area contributed by atoms with E-state index >= 15 is 0 Å². The van der Waals surface area contributed by atoms with Crippen LogP contribution in [-0.2, 0) is 0 Å². The summed E-state index contributed by atoms with van der Waals surface area (Å²) in [4.78, 5) is 6.32. The van der Waals surface area contributed by atoms with Crippen LogP contribution in [0.4, 0.5) is 5.82 Å². The molecule has 15 heavy (non-hydrogen) atoms. The van der Waals surface area contributed by atoms with E-state index in [1.807, 2.05) is 17.9 Å². The van der Waals surface area contributed by atoms with Gasteiger partial charge >= 0.3 is 0 Å². The second-order valence-electron chi connectivity index (χ2n) is 3.82. The maximum atomic E-state index is 9.44. The molecule has 78 valence electrons. The molecule has 1 N–H and O–H groups in total. The number of aryl methyl sites for hydroxylation is 1. The molecule has 0 aromatic carbocycles. The number of nitrogens with zero attached hydrogens (tertiary/aromatic N) is 3. The Hall–Kier alpha value is -1.60. The molecule has 0 amide bonds. The third kappa shape index (κ3) is 1.92. The van der Waals surface area contributed by atoms with E-state index < -0.39 is 0 Å². The third-order valence-electron chi connectivity index (χ3n) is 2.60. The maximum Gasteiger partial charge on any atom is 0.146 e. The summed E-state index contributed by atoms with van der Waals surface area (Å²) in [6.45, 7) is 3.24. The van der Waals surface area contributed by atoms with Crippen molar-refractivity contribution in [2.24, 2.45) is 0 Å². The average Bonchev–Trinajstić information content (AvgIpc) is 2.65. The van der Waals surface area contributed by atoms with E-state index in [1.54, 1.807) is 6.07 Å². The van der Waals surface area contributed by atoms with Crippen LogP contribution >= 0.6 is 0 Å². The van der Waals surface area contributed by atoms with Crippen LogP contribution in [-0.4, -0.2) is 29.3 Å². The molecule has 1 fully saturated rings. The predicted octanol–water partition coefficient (Wildman–Crippen LogP) is 0.833. The summed E-state index contributed by atoms with van der Waals surface area (Å²) in [6, 6.07) is 5.74. The molecule has 1 aromatic heterocycles. The van der Waals surface area contributed by atoms with Crippen LogP contribution < -0.4 is 4.90 Å². The van der Waals surface area contributed by atoms with Crippen molar-refractivity contribution >= 4 is 5.82 Å². The molecule has 4 heteroatoms. The van der Waals surface area contributed by atoms with E-state index in [0.29, 0.717) is 17.9 Å². The molecule has 1 aliphatic rings. The van der Waals surface area contributed by atoms with E-state index in [1.165, 1.54) is 0 Å². The van der Waals surface area contributed by atoms with Crippen LogP contribution in [0, 0.1) is 18.3 Å². The van der Waals surface area contributed by atoms with Crippen molar-refractivity contribution in [3.8, 4) is 6.07 Å². The van der Waals surface area contributed by atoms with E-state index in [2.05, 4.69) is 11.1 Å². The zero-order valence-corrected chi connectivity index (χ0v) is 8.64. The highest BCUT2D eigenvalue weighted by Gasteiger charge is 2.23. The molecule has 1 saturated heterocycles. The first kappa shape index (κ1) is 9.94. The van der Waals surface area contributed by atoms with Crippen LogP contribution in [0.3, 0.4) is 0 Å². The highest BCUT2D eigenvalue weighted by atomic mass is 16.3. The lowest BCUT2D eigenvalue weighted by atomic mass is 10.2. The Balaban J connectivity index is 2.34. The Kier molecular flexibility index (Phi) is 2.57.